The first-order valence-electron chi connectivity index (χ1n) is 2.82. The third-order valence-corrected chi connectivity index (χ3v) is 1.08. The van der Waals surface area contributed by atoms with E-state index in [1.54, 1.807) is 6.92 Å². The molecule has 2 heteroatoms. The monoisotopic (exact) mass is 126 g/mol. The van der Waals surface area contributed by atoms with Crippen molar-refractivity contribution >= 4 is 11.6 Å². The lowest BCUT2D eigenvalue weighted by atomic mass is 10.1. The largest absolute Gasteiger partial charge is 0.294 e. The molecule has 0 saturated carbocycles. The Kier molecular flexibility index (Phi) is 2.85. The third-order valence-electron chi connectivity index (χ3n) is 1.08. The van der Waals surface area contributed by atoms with Crippen LogP contribution in [-0.2, 0) is 9.59 Å². The predicted octanol–water partition coefficient (Wildman–Crippen LogP) is 1.11. The van der Waals surface area contributed by atoms with Gasteiger partial charge in [0.15, 0.2) is 11.6 Å². The van der Waals surface area contributed by atoms with Crippen LogP contribution in [-0.4, -0.2) is 11.6 Å². The highest BCUT2D eigenvalue weighted by Gasteiger charge is 2.07. The van der Waals surface area contributed by atoms with Gasteiger partial charge in [-0.05, 0) is 6.92 Å². The third kappa shape index (κ3) is 2.22. The second-order valence-electron chi connectivity index (χ2n) is 1.81. The molecule has 9 heavy (non-hydrogen) atoms. The van der Waals surface area contributed by atoms with E-state index in [1.165, 1.54) is 6.92 Å². The minimum absolute atomic E-state index is 0.109. The van der Waals surface area contributed by atoms with Gasteiger partial charge >= 0.3 is 0 Å². The molecule has 0 atom stereocenters. The Bertz CT molecular complexity index is 156. The second-order valence-corrected chi connectivity index (χ2v) is 1.81. The number of allylic oxidation sites excluding steroid dienone is 1. The Hall–Kier alpha value is -0.920. The van der Waals surface area contributed by atoms with E-state index in [0.29, 0.717) is 6.42 Å². The Morgan fingerprint density at radius 2 is 1.89 bits per heavy atom. The summed E-state index contributed by atoms with van der Waals surface area (Å²) in [6.45, 7) is 6.37. The number of carbonyl (C=O) groups excluding carboxylic acids is 2. The Morgan fingerprint density at radius 1 is 1.44 bits per heavy atom. The van der Waals surface area contributed by atoms with Crippen LogP contribution in [0.4, 0.5) is 0 Å². The normalized spacial score (nSPS) is 8.67. The van der Waals surface area contributed by atoms with Crippen LogP contribution in [0.15, 0.2) is 12.2 Å². The highest BCUT2D eigenvalue weighted by molar-refractivity contribution is 6.18. The van der Waals surface area contributed by atoms with Crippen molar-refractivity contribution in [1.29, 1.82) is 0 Å². The maximum Gasteiger partial charge on any atom is 0.165 e. The molecule has 0 N–H and O–H groups in total. The fourth-order valence-corrected chi connectivity index (χ4v) is 0.410. The molecular formula is C7H10O2. The van der Waals surface area contributed by atoms with E-state index in [1.807, 2.05) is 0 Å². The molecular weight excluding hydrogens is 116 g/mol. The van der Waals surface area contributed by atoms with Crippen LogP contribution in [0, 0.1) is 0 Å². The van der Waals surface area contributed by atoms with Crippen molar-refractivity contribution in [2.75, 3.05) is 0 Å². The van der Waals surface area contributed by atoms with E-state index >= 15 is 0 Å². The average molecular weight is 126 g/mol. The quantitative estimate of drug-likeness (QED) is 0.322. The van der Waals surface area contributed by atoms with Crippen molar-refractivity contribution in [1.82, 2.24) is 0 Å². The summed E-state index contributed by atoms with van der Waals surface area (Å²) in [5.41, 5.74) is 0.109. The lowest BCUT2D eigenvalue weighted by Gasteiger charge is -1.93. The molecule has 0 aliphatic carbocycles. The topological polar surface area (TPSA) is 34.1 Å². The minimum Gasteiger partial charge on any atom is -0.294 e. The second kappa shape index (κ2) is 3.17. The average Bonchev–Trinajstić information content (AvgIpc) is 1.84. The standard InChI is InChI=1S/C7H10O2/c1-4-7(9)5(2)6(3)8/h2,4H2,1,3H3. The summed E-state index contributed by atoms with van der Waals surface area (Å²) < 4.78 is 0. The molecule has 0 rings (SSSR count). The van der Waals surface area contributed by atoms with Crippen molar-refractivity contribution in [2.45, 2.75) is 20.3 Å². The van der Waals surface area contributed by atoms with Gasteiger partial charge in [-0.25, -0.2) is 0 Å². The molecule has 0 aromatic rings. The van der Waals surface area contributed by atoms with Crippen molar-refractivity contribution in [2.24, 2.45) is 0 Å². The molecule has 0 aromatic carbocycles. The summed E-state index contributed by atoms with van der Waals surface area (Å²) in [4.78, 5) is 21.1. The fourth-order valence-electron chi connectivity index (χ4n) is 0.410. The van der Waals surface area contributed by atoms with E-state index in [9.17, 15) is 9.59 Å². The molecule has 50 valence electrons. The molecule has 0 radical (unpaired) electrons. The summed E-state index contributed by atoms with van der Waals surface area (Å²) in [7, 11) is 0. The van der Waals surface area contributed by atoms with Crippen molar-refractivity contribution in [3.05, 3.63) is 12.2 Å². The molecule has 0 spiro atoms. The summed E-state index contributed by atoms with van der Waals surface area (Å²) in [6, 6.07) is 0. The molecule has 2 nitrogen and oxygen atoms in total. The zero-order chi connectivity index (χ0) is 7.44. The number of ketones is 2. The Morgan fingerprint density at radius 3 is 2.00 bits per heavy atom. The lowest BCUT2D eigenvalue weighted by molar-refractivity contribution is -0.120. The van der Waals surface area contributed by atoms with Gasteiger partial charge in [0.1, 0.15) is 0 Å². The summed E-state index contributed by atoms with van der Waals surface area (Å²) >= 11 is 0. The first-order valence-corrected chi connectivity index (χ1v) is 2.82. The molecule has 0 aromatic heterocycles. The van der Waals surface area contributed by atoms with Crippen molar-refractivity contribution in [3.8, 4) is 0 Å². The van der Waals surface area contributed by atoms with Crippen molar-refractivity contribution in [3.63, 3.8) is 0 Å². The van der Waals surface area contributed by atoms with Gasteiger partial charge in [-0.1, -0.05) is 13.5 Å². The Labute approximate surface area is 54.6 Å². The van der Waals surface area contributed by atoms with E-state index in [2.05, 4.69) is 6.58 Å². The van der Waals surface area contributed by atoms with E-state index < -0.39 is 0 Å². The van der Waals surface area contributed by atoms with Crippen LogP contribution in [0.25, 0.3) is 0 Å². The van der Waals surface area contributed by atoms with E-state index in [-0.39, 0.29) is 17.1 Å². The maximum atomic E-state index is 10.6. The summed E-state index contributed by atoms with van der Waals surface area (Å²) in [6.07, 6.45) is 0.360. The SMILES string of the molecule is C=C(C(C)=O)C(=O)CC. The number of rotatable bonds is 3. The van der Waals surface area contributed by atoms with Gasteiger partial charge in [-0.2, -0.15) is 0 Å². The van der Waals surface area contributed by atoms with Crippen molar-refractivity contribution < 1.29 is 9.59 Å². The zero-order valence-corrected chi connectivity index (χ0v) is 5.73. The molecule has 0 fully saturated rings. The summed E-state index contributed by atoms with van der Waals surface area (Å²) in [5.74, 6) is -0.399. The number of hydrogen-bond donors (Lipinski definition) is 0. The Balaban J connectivity index is 4.05. The van der Waals surface area contributed by atoms with Gasteiger partial charge < -0.3 is 0 Å². The van der Waals surface area contributed by atoms with E-state index in [4.69, 9.17) is 0 Å². The molecule has 0 amide bonds. The molecule has 0 unspecified atom stereocenters. The van der Waals surface area contributed by atoms with Crippen LogP contribution >= 0.6 is 0 Å². The zero-order valence-electron chi connectivity index (χ0n) is 5.73. The molecule has 0 aliphatic heterocycles. The maximum absolute atomic E-state index is 10.6. The van der Waals surface area contributed by atoms with Gasteiger partial charge in [0.2, 0.25) is 0 Å². The predicted molar refractivity (Wildman–Crippen MR) is 35.1 cm³/mol. The highest BCUT2D eigenvalue weighted by Crippen LogP contribution is 1.96. The van der Waals surface area contributed by atoms with Gasteiger partial charge in [0, 0.05) is 6.42 Å². The number of Topliss-reactive ketones (excluding diaryl/α,β-unsaturated/α-hetero) is 2. The number of hydrogen-bond acceptors (Lipinski definition) is 2. The van der Waals surface area contributed by atoms with Crippen LogP contribution in [0.1, 0.15) is 20.3 Å². The first-order chi connectivity index (χ1) is 4.09. The van der Waals surface area contributed by atoms with Crippen LogP contribution < -0.4 is 0 Å². The van der Waals surface area contributed by atoms with Gasteiger partial charge in [0.25, 0.3) is 0 Å². The van der Waals surface area contributed by atoms with Crippen LogP contribution in [0.3, 0.4) is 0 Å². The smallest absolute Gasteiger partial charge is 0.165 e. The lowest BCUT2D eigenvalue weighted by Crippen LogP contribution is -2.06. The van der Waals surface area contributed by atoms with Crippen LogP contribution in [0.2, 0.25) is 0 Å². The highest BCUT2D eigenvalue weighted by atomic mass is 16.1. The minimum atomic E-state index is -0.234. The van der Waals surface area contributed by atoms with Crippen LogP contribution in [0.5, 0.6) is 0 Å². The molecule has 0 heterocycles. The first kappa shape index (κ1) is 8.08. The molecule has 0 aliphatic rings. The van der Waals surface area contributed by atoms with Gasteiger partial charge in [-0.15, -0.1) is 0 Å². The number of carbonyl (C=O) groups is 2. The molecule has 0 bridgehead atoms. The van der Waals surface area contributed by atoms with E-state index in [0.717, 1.165) is 0 Å². The van der Waals surface area contributed by atoms with Gasteiger partial charge in [-0.3, -0.25) is 9.59 Å². The van der Waals surface area contributed by atoms with Gasteiger partial charge in [0.05, 0.1) is 5.57 Å². The molecule has 0 saturated heterocycles. The summed E-state index contributed by atoms with van der Waals surface area (Å²) in [5, 5.41) is 0. The fraction of sp³-hybridized carbons (Fsp3) is 0.429.